The van der Waals surface area contributed by atoms with Crippen molar-refractivity contribution in [2.24, 2.45) is 0 Å². The quantitative estimate of drug-likeness (QED) is 0.642. The molecule has 1 aromatic rings. The van der Waals surface area contributed by atoms with Gasteiger partial charge in [0.15, 0.2) is 0 Å². The molecule has 0 spiro atoms. The number of hydrogen-bond acceptors (Lipinski definition) is 0. The maximum atomic E-state index is 2.00. The molecule has 0 fully saturated rings. The van der Waals surface area contributed by atoms with Crippen molar-refractivity contribution >= 4 is 0 Å². The van der Waals surface area contributed by atoms with Crippen molar-refractivity contribution in [3.63, 3.8) is 0 Å². The van der Waals surface area contributed by atoms with Crippen molar-refractivity contribution in [2.75, 3.05) is 0 Å². The van der Waals surface area contributed by atoms with Crippen LogP contribution in [0.25, 0.3) is 0 Å². The fourth-order valence-corrected chi connectivity index (χ4v) is 0.385. The third-order valence-electron chi connectivity index (χ3n) is 0.667. The second-order valence-electron chi connectivity index (χ2n) is 1.15. The van der Waals surface area contributed by atoms with Crippen LogP contribution >= 0.6 is 0 Å². The van der Waals surface area contributed by atoms with E-state index in [1.807, 2.05) is 36.4 Å². The van der Waals surface area contributed by atoms with Gasteiger partial charge in [-0.3, -0.25) is 0 Å². The van der Waals surface area contributed by atoms with Crippen molar-refractivity contribution in [3.8, 4) is 0 Å². The standard InChI is InChI=1S/C6H6.Gd/c1-2-4-6-5-3-1;/h1-6H;. The summed E-state index contributed by atoms with van der Waals surface area (Å²) in [5.74, 6) is 0. The maximum absolute atomic E-state index is 2.00. The first-order valence-corrected chi connectivity index (χ1v) is 2.00. The molecule has 0 unspecified atom stereocenters. The Morgan fingerprint density at radius 2 is 0.571 bits per heavy atom. The van der Waals surface area contributed by atoms with Gasteiger partial charge in [0.05, 0.1) is 0 Å². The second-order valence-corrected chi connectivity index (χ2v) is 1.15. The van der Waals surface area contributed by atoms with Gasteiger partial charge in [0, 0.05) is 39.9 Å². The summed E-state index contributed by atoms with van der Waals surface area (Å²) in [4.78, 5) is 0. The SMILES string of the molecule is [Gd].c1ccccc1. The normalized spacial score (nSPS) is 6.86. The van der Waals surface area contributed by atoms with E-state index in [1.54, 1.807) is 0 Å². The van der Waals surface area contributed by atoms with Gasteiger partial charge in [0.2, 0.25) is 0 Å². The maximum Gasteiger partial charge on any atom is 0 e. The van der Waals surface area contributed by atoms with Gasteiger partial charge in [-0.1, -0.05) is 36.4 Å². The van der Waals surface area contributed by atoms with E-state index in [9.17, 15) is 0 Å². The minimum absolute atomic E-state index is 0. The summed E-state index contributed by atoms with van der Waals surface area (Å²) in [6, 6.07) is 12.0. The first-order valence-electron chi connectivity index (χ1n) is 2.00. The molecule has 0 amide bonds. The summed E-state index contributed by atoms with van der Waals surface area (Å²) in [6.07, 6.45) is 0. The topological polar surface area (TPSA) is 0 Å². The van der Waals surface area contributed by atoms with Crippen LogP contribution in [-0.4, -0.2) is 0 Å². The summed E-state index contributed by atoms with van der Waals surface area (Å²) in [7, 11) is 0. The molecule has 7 heavy (non-hydrogen) atoms. The second kappa shape index (κ2) is 4.70. The van der Waals surface area contributed by atoms with E-state index in [-0.39, 0.29) is 39.9 Å². The molecule has 1 aromatic carbocycles. The zero-order valence-electron chi connectivity index (χ0n) is 3.82. The van der Waals surface area contributed by atoms with Crippen LogP contribution < -0.4 is 0 Å². The van der Waals surface area contributed by atoms with Crippen molar-refractivity contribution in [2.45, 2.75) is 0 Å². The Bertz CT molecular complexity index is 76.1. The largest absolute Gasteiger partial charge is 0.0623 e. The van der Waals surface area contributed by atoms with E-state index >= 15 is 0 Å². The van der Waals surface area contributed by atoms with Gasteiger partial charge >= 0.3 is 0 Å². The first-order chi connectivity index (χ1) is 3.00. The third kappa shape index (κ3) is 3.16. The average Bonchev–Trinajstić information content (AvgIpc) is 1.72. The van der Waals surface area contributed by atoms with E-state index < -0.39 is 0 Å². The number of rotatable bonds is 0. The summed E-state index contributed by atoms with van der Waals surface area (Å²) in [6.45, 7) is 0. The van der Waals surface area contributed by atoms with E-state index in [0.717, 1.165) is 0 Å². The fraction of sp³-hybridized carbons (Fsp3) is 0. The van der Waals surface area contributed by atoms with Crippen molar-refractivity contribution < 1.29 is 39.9 Å². The van der Waals surface area contributed by atoms with E-state index in [2.05, 4.69) is 0 Å². The summed E-state index contributed by atoms with van der Waals surface area (Å²) >= 11 is 0. The van der Waals surface area contributed by atoms with Crippen molar-refractivity contribution in [1.29, 1.82) is 0 Å². The molecular formula is C6H6Gd. The van der Waals surface area contributed by atoms with Gasteiger partial charge in [0.25, 0.3) is 0 Å². The Labute approximate surface area is 75.6 Å². The van der Waals surface area contributed by atoms with Crippen LogP contribution in [-0.2, 0) is 0 Å². The summed E-state index contributed by atoms with van der Waals surface area (Å²) in [5, 5.41) is 0. The van der Waals surface area contributed by atoms with E-state index in [0.29, 0.717) is 0 Å². The molecule has 0 saturated carbocycles. The third-order valence-corrected chi connectivity index (χ3v) is 0.667. The minimum atomic E-state index is 0. The smallest absolute Gasteiger partial charge is 0 e. The van der Waals surface area contributed by atoms with Crippen LogP contribution in [0.3, 0.4) is 0 Å². The fourth-order valence-electron chi connectivity index (χ4n) is 0.385. The number of hydrogen-bond donors (Lipinski definition) is 0. The van der Waals surface area contributed by atoms with Crippen LogP contribution in [0.4, 0.5) is 0 Å². The Hall–Kier alpha value is 0.545. The predicted molar refractivity (Wildman–Crippen MR) is 26.4 cm³/mol. The first kappa shape index (κ1) is 7.54. The average molecular weight is 235 g/mol. The molecule has 1 heteroatoms. The molecule has 0 saturated heterocycles. The van der Waals surface area contributed by atoms with Crippen LogP contribution in [0.1, 0.15) is 0 Å². The molecular weight excluding hydrogens is 229 g/mol. The Morgan fingerprint density at radius 1 is 0.429 bits per heavy atom. The molecule has 0 aliphatic carbocycles. The minimum Gasteiger partial charge on any atom is -0.0623 e. The van der Waals surface area contributed by atoms with Gasteiger partial charge in [-0.15, -0.1) is 0 Å². The zero-order valence-corrected chi connectivity index (χ0v) is 6.09. The Morgan fingerprint density at radius 3 is 0.714 bits per heavy atom. The molecule has 0 aromatic heterocycles. The molecule has 0 heterocycles. The van der Waals surface area contributed by atoms with Gasteiger partial charge in [-0.2, -0.15) is 0 Å². The van der Waals surface area contributed by atoms with Crippen LogP contribution in [0, 0.1) is 39.9 Å². The summed E-state index contributed by atoms with van der Waals surface area (Å²) < 4.78 is 0. The van der Waals surface area contributed by atoms with Gasteiger partial charge in [-0.25, -0.2) is 0 Å². The Kier molecular flexibility index (Phi) is 5.06. The van der Waals surface area contributed by atoms with Crippen LogP contribution in [0.5, 0.6) is 0 Å². The summed E-state index contributed by atoms with van der Waals surface area (Å²) in [5.41, 5.74) is 0. The van der Waals surface area contributed by atoms with Crippen LogP contribution in [0.15, 0.2) is 36.4 Å². The monoisotopic (exact) mass is 236 g/mol. The Balaban J connectivity index is 0.000000360. The van der Waals surface area contributed by atoms with Crippen LogP contribution in [0.2, 0.25) is 0 Å². The zero-order chi connectivity index (χ0) is 4.24. The van der Waals surface area contributed by atoms with Gasteiger partial charge in [-0.05, 0) is 0 Å². The molecule has 0 aliphatic heterocycles. The number of benzene rings is 1. The van der Waals surface area contributed by atoms with Crippen molar-refractivity contribution in [1.82, 2.24) is 0 Å². The van der Waals surface area contributed by atoms with E-state index in [4.69, 9.17) is 0 Å². The van der Waals surface area contributed by atoms with Gasteiger partial charge < -0.3 is 0 Å². The molecule has 0 atom stereocenters. The van der Waals surface area contributed by atoms with Gasteiger partial charge in [0.1, 0.15) is 0 Å². The molecule has 38 valence electrons. The molecule has 0 N–H and O–H groups in total. The molecule has 1 rings (SSSR count). The predicted octanol–water partition coefficient (Wildman–Crippen LogP) is 1.69. The molecule has 0 aliphatic rings. The molecule has 0 nitrogen and oxygen atoms in total. The molecule has 0 radical (unpaired) electrons. The van der Waals surface area contributed by atoms with E-state index in [1.165, 1.54) is 0 Å². The molecule has 0 bridgehead atoms. The van der Waals surface area contributed by atoms with Crippen molar-refractivity contribution in [3.05, 3.63) is 36.4 Å².